The average Bonchev–Trinajstić information content (AvgIpc) is 2.46. The monoisotopic (exact) mass is 262 g/mol. The van der Waals surface area contributed by atoms with Crippen LogP contribution in [0.3, 0.4) is 0 Å². The number of hydrogen-bond donors (Lipinski definition) is 1. The summed E-state index contributed by atoms with van der Waals surface area (Å²) in [5.74, 6) is -0.175. The Morgan fingerprint density at radius 3 is 2.10 bits per heavy atom. The fourth-order valence-corrected chi connectivity index (χ4v) is 2.38. The molecule has 0 aromatic heterocycles. The lowest BCUT2D eigenvalue weighted by Crippen LogP contribution is -2.12. The van der Waals surface area contributed by atoms with E-state index >= 15 is 0 Å². The van der Waals surface area contributed by atoms with Crippen molar-refractivity contribution in [1.29, 1.82) is 0 Å². The first-order chi connectivity index (χ1) is 9.75. The summed E-state index contributed by atoms with van der Waals surface area (Å²) in [6.45, 7) is 1.44. The van der Waals surface area contributed by atoms with Gasteiger partial charge in [-0.15, -0.1) is 0 Å². The summed E-state index contributed by atoms with van der Waals surface area (Å²) in [6, 6.07) is 18.5. The van der Waals surface area contributed by atoms with Gasteiger partial charge in [-0.2, -0.15) is 5.10 Å². The molecule has 0 fully saturated rings. The van der Waals surface area contributed by atoms with Gasteiger partial charge < -0.3 is 0 Å². The number of fused-ring (bicyclic) bond motifs is 2. The lowest BCUT2D eigenvalue weighted by Gasteiger charge is -2.07. The molecule has 98 valence electrons. The predicted octanol–water partition coefficient (Wildman–Crippen LogP) is 3.46. The summed E-state index contributed by atoms with van der Waals surface area (Å²) < 4.78 is 0. The number of rotatable bonds is 2. The standard InChI is InChI=1S/C17H14N2O/c1-12(20)19-18-11-17-15-8-4-2-6-13(15)10-14-7-3-5-9-16(14)17/h2-11H,1H3,(H,19,20)/b18-11-. The Morgan fingerprint density at radius 2 is 1.55 bits per heavy atom. The molecule has 0 saturated heterocycles. The van der Waals surface area contributed by atoms with Crippen LogP contribution in [0.2, 0.25) is 0 Å². The molecule has 1 amide bonds. The van der Waals surface area contributed by atoms with E-state index in [1.165, 1.54) is 6.92 Å². The molecule has 0 bridgehead atoms. The van der Waals surface area contributed by atoms with Crippen molar-refractivity contribution in [2.24, 2.45) is 5.10 Å². The third-order valence-corrected chi connectivity index (χ3v) is 3.23. The number of nitrogens with zero attached hydrogens (tertiary/aromatic N) is 1. The van der Waals surface area contributed by atoms with Crippen LogP contribution in [-0.4, -0.2) is 12.1 Å². The van der Waals surface area contributed by atoms with E-state index in [9.17, 15) is 4.79 Å². The average molecular weight is 262 g/mol. The Bertz CT molecular complexity index is 767. The third-order valence-electron chi connectivity index (χ3n) is 3.23. The maximum atomic E-state index is 10.9. The van der Waals surface area contributed by atoms with Crippen molar-refractivity contribution in [3.05, 3.63) is 60.2 Å². The van der Waals surface area contributed by atoms with Gasteiger partial charge in [0.2, 0.25) is 5.91 Å². The van der Waals surface area contributed by atoms with Gasteiger partial charge in [0, 0.05) is 12.5 Å². The molecule has 0 aliphatic heterocycles. The van der Waals surface area contributed by atoms with Gasteiger partial charge in [-0.1, -0.05) is 48.5 Å². The van der Waals surface area contributed by atoms with Crippen molar-refractivity contribution >= 4 is 33.7 Å². The summed E-state index contributed by atoms with van der Waals surface area (Å²) in [7, 11) is 0. The van der Waals surface area contributed by atoms with Crippen molar-refractivity contribution in [1.82, 2.24) is 5.43 Å². The van der Waals surface area contributed by atoms with E-state index < -0.39 is 0 Å². The van der Waals surface area contributed by atoms with E-state index in [2.05, 4.69) is 40.9 Å². The predicted molar refractivity (Wildman–Crippen MR) is 82.9 cm³/mol. The van der Waals surface area contributed by atoms with Crippen molar-refractivity contribution in [2.75, 3.05) is 0 Å². The van der Waals surface area contributed by atoms with Gasteiger partial charge >= 0.3 is 0 Å². The normalized spacial score (nSPS) is 11.2. The maximum Gasteiger partial charge on any atom is 0.236 e. The van der Waals surface area contributed by atoms with Gasteiger partial charge in [0.15, 0.2) is 0 Å². The van der Waals surface area contributed by atoms with E-state index in [4.69, 9.17) is 0 Å². The molecule has 0 atom stereocenters. The second kappa shape index (κ2) is 5.13. The second-order valence-corrected chi connectivity index (χ2v) is 4.66. The first kappa shape index (κ1) is 12.4. The lowest BCUT2D eigenvalue weighted by atomic mass is 9.97. The zero-order valence-electron chi connectivity index (χ0n) is 11.1. The highest BCUT2D eigenvalue weighted by atomic mass is 16.2. The largest absolute Gasteiger partial charge is 0.274 e. The maximum absolute atomic E-state index is 10.9. The second-order valence-electron chi connectivity index (χ2n) is 4.66. The smallest absolute Gasteiger partial charge is 0.236 e. The van der Waals surface area contributed by atoms with Crippen molar-refractivity contribution in [3.63, 3.8) is 0 Å². The minimum Gasteiger partial charge on any atom is -0.274 e. The molecular formula is C17H14N2O. The van der Waals surface area contributed by atoms with Crippen LogP contribution in [0, 0.1) is 0 Å². The molecule has 3 aromatic carbocycles. The fraction of sp³-hybridized carbons (Fsp3) is 0.0588. The van der Waals surface area contributed by atoms with Gasteiger partial charge in [-0.25, -0.2) is 5.43 Å². The molecule has 20 heavy (non-hydrogen) atoms. The number of carbonyl (C=O) groups excluding carboxylic acids is 1. The molecule has 0 saturated carbocycles. The van der Waals surface area contributed by atoms with Crippen LogP contribution in [0.15, 0.2) is 59.7 Å². The number of nitrogens with one attached hydrogen (secondary N) is 1. The molecular weight excluding hydrogens is 248 g/mol. The van der Waals surface area contributed by atoms with Crippen molar-refractivity contribution < 1.29 is 4.79 Å². The number of carbonyl (C=O) groups is 1. The highest BCUT2D eigenvalue weighted by Crippen LogP contribution is 2.27. The first-order valence-electron chi connectivity index (χ1n) is 6.46. The van der Waals surface area contributed by atoms with Gasteiger partial charge in [0.1, 0.15) is 0 Å². The van der Waals surface area contributed by atoms with Gasteiger partial charge in [0.25, 0.3) is 0 Å². The molecule has 0 aliphatic carbocycles. The highest BCUT2D eigenvalue weighted by molar-refractivity contribution is 6.13. The van der Waals surface area contributed by atoms with E-state index in [0.29, 0.717) is 0 Å². The number of hydrogen-bond acceptors (Lipinski definition) is 2. The lowest BCUT2D eigenvalue weighted by molar-refractivity contribution is -0.118. The van der Waals surface area contributed by atoms with Crippen LogP contribution in [0.5, 0.6) is 0 Å². The van der Waals surface area contributed by atoms with E-state index in [1.54, 1.807) is 6.21 Å². The zero-order valence-corrected chi connectivity index (χ0v) is 11.1. The number of benzene rings is 3. The Hall–Kier alpha value is -2.68. The molecule has 3 rings (SSSR count). The molecule has 1 N–H and O–H groups in total. The Kier molecular flexibility index (Phi) is 3.17. The summed E-state index contributed by atoms with van der Waals surface area (Å²) in [5, 5.41) is 8.59. The molecule has 3 heteroatoms. The quantitative estimate of drug-likeness (QED) is 0.429. The number of amides is 1. The van der Waals surface area contributed by atoms with Crippen molar-refractivity contribution in [3.8, 4) is 0 Å². The Balaban J connectivity index is 2.27. The van der Waals surface area contributed by atoms with E-state index in [0.717, 1.165) is 27.1 Å². The summed E-state index contributed by atoms with van der Waals surface area (Å²) in [4.78, 5) is 10.9. The van der Waals surface area contributed by atoms with Crippen LogP contribution < -0.4 is 5.43 Å². The van der Waals surface area contributed by atoms with Gasteiger partial charge in [0.05, 0.1) is 6.21 Å². The van der Waals surface area contributed by atoms with Gasteiger partial charge in [-0.05, 0) is 27.6 Å². The van der Waals surface area contributed by atoms with Crippen LogP contribution in [-0.2, 0) is 4.79 Å². The van der Waals surface area contributed by atoms with Crippen LogP contribution in [0.4, 0.5) is 0 Å². The van der Waals surface area contributed by atoms with E-state index in [1.807, 2.05) is 24.3 Å². The van der Waals surface area contributed by atoms with Crippen molar-refractivity contribution in [2.45, 2.75) is 6.92 Å². The Morgan fingerprint density at radius 1 is 1.00 bits per heavy atom. The van der Waals surface area contributed by atoms with E-state index in [-0.39, 0.29) is 5.91 Å². The van der Waals surface area contributed by atoms with Crippen LogP contribution in [0.25, 0.3) is 21.5 Å². The molecule has 0 unspecified atom stereocenters. The molecule has 0 heterocycles. The topological polar surface area (TPSA) is 41.5 Å². The number of hydrazone groups is 1. The molecule has 0 aliphatic rings. The highest BCUT2D eigenvalue weighted by Gasteiger charge is 2.05. The fourth-order valence-electron chi connectivity index (χ4n) is 2.38. The van der Waals surface area contributed by atoms with Crippen LogP contribution in [0.1, 0.15) is 12.5 Å². The zero-order chi connectivity index (χ0) is 13.9. The minimum absolute atomic E-state index is 0.175. The Labute approximate surface area is 116 Å². The molecule has 0 radical (unpaired) electrons. The summed E-state index contributed by atoms with van der Waals surface area (Å²) >= 11 is 0. The molecule has 0 spiro atoms. The third kappa shape index (κ3) is 2.26. The minimum atomic E-state index is -0.175. The summed E-state index contributed by atoms with van der Waals surface area (Å²) in [5.41, 5.74) is 3.47. The van der Waals surface area contributed by atoms with Gasteiger partial charge in [-0.3, -0.25) is 4.79 Å². The molecule has 3 aromatic rings. The SMILES string of the molecule is CC(=O)N/N=C\c1c2ccccc2cc2ccccc12. The first-order valence-corrected chi connectivity index (χ1v) is 6.46. The van der Waals surface area contributed by atoms with Crippen LogP contribution >= 0.6 is 0 Å². The summed E-state index contributed by atoms with van der Waals surface area (Å²) in [6.07, 6.45) is 1.71. The molecule has 3 nitrogen and oxygen atoms in total.